The zero-order valence-corrected chi connectivity index (χ0v) is 10.7. The lowest BCUT2D eigenvalue weighted by molar-refractivity contribution is -0.137. The lowest BCUT2D eigenvalue weighted by Crippen LogP contribution is -2.37. The summed E-state index contributed by atoms with van der Waals surface area (Å²) in [5.41, 5.74) is 0. The van der Waals surface area contributed by atoms with Crippen LogP contribution in [0.1, 0.15) is 44.9 Å². The van der Waals surface area contributed by atoms with Gasteiger partial charge in [-0.1, -0.05) is 6.42 Å². The average molecular weight is 254 g/mol. The molecule has 0 aromatic heterocycles. The van der Waals surface area contributed by atoms with Crippen molar-refractivity contribution < 1.29 is 14.7 Å². The fourth-order valence-corrected chi connectivity index (χ4v) is 3.03. The monoisotopic (exact) mass is 254 g/mol. The van der Waals surface area contributed by atoms with Crippen molar-refractivity contribution in [3.8, 4) is 0 Å². The van der Waals surface area contributed by atoms with E-state index in [2.05, 4.69) is 10.6 Å². The van der Waals surface area contributed by atoms with Gasteiger partial charge in [-0.15, -0.1) is 0 Å². The Bertz CT molecular complexity index is 319. The minimum absolute atomic E-state index is 0.155. The third-order valence-electron chi connectivity index (χ3n) is 4.00. The highest BCUT2D eigenvalue weighted by Gasteiger charge is 2.42. The zero-order valence-electron chi connectivity index (χ0n) is 10.7. The van der Waals surface area contributed by atoms with Crippen LogP contribution in [0.5, 0.6) is 0 Å². The van der Waals surface area contributed by atoms with Gasteiger partial charge >= 0.3 is 5.97 Å². The molecule has 102 valence electrons. The maximum absolute atomic E-state index is 11.9. The van der Waals surface area contributed by atoms with Crippen LogP contribution in [-0.2, 0) is 9.59 Å². The Balaban J connectivity index is 1.54. The fourth-order valence-electron chi connectivity index (χ4n) is 3.03. The topological polar surface area (TPSA) is 78.4 Å². The predicted octanol–water partition coefficient (Wildman–Crippen LogP) is 0.888. The van der Waals surface area contributed by atoms with Crippen LogP contribution in [-0.4, -0.2) is 35.6 Å². The second-order valence-corrected chi connectivity index (χ2v) is 5.39. The zero-order chi connectivity index (χ0) is 13.0. The number of carbonyl (C=O) groups excluding carboxylic acids is 1. The summed E-state index contributed by atoms with van der Waals surface area (Å²) in [6.45, 7) is 0.673. The molecule has 2 rings (SSSR count). The summed E-state index contributed by atoms with van der Waals surface area (Å²) in [7, 11) is 0. The Kier molecular flexibility index (Phi) is 4.58. The molecule has 0 radical (unpaired) electrons. The van der Waals surface area contributed by atoms with Gasteiger partial charge in [-0.2, -0.15) is 0 Å². The summed E-state index contributed by atoms with van der Waals surface area (Å²) in [6, 6.07) is 0.948. The molecule has 0 spiro atoms. The van der Waals surface area contributed by atoms with Crippen molar-refractivity contribution in [1.82, 2.24) is 10.6 Å². The molecule has 3 unspecified atom stereocenters. The van der Waals surface area contributed by atoms with Crippen molar-refractivity contribution in [1.29, 1.82) is 0 Å². The van der Waals surface area contributed by atoms with Gasteiger partial charge in [0.15, 0.2) is 0 Å². The maximum atomic E-state index is 11.9. The molecule has 0 aromatic carbocycles. The van der Waals surface area contributed by atoms with Gasteiger partial charge in [0.2, 0.25) is 5.91 Å². The van der Waals surface area contributed by atoms with Gasteiger partial charge in [-0.25, -0.2) is 0 Å². The number of aliphatic carboxylic acids is 1. The van der Waals surface area contributed by atoms with Crippen LogP contribution in [0.2, 0.25) is 0 Å². The molecule has 2 bridgehead atoms. The third kappa shape index (κ3) is 3.45. The standard InChI is InChI=1S/C13H22N2O3/c16-12(17)4-2-1-3-7-14-13(18)10-8-9-5-6-11(10)15-9/h9-11,15H,1-8H2,(H,14,18)(H,16,17). The Morgan fingerprint density at radius 1 is 1.22 bits per heavy atom. The van der Waals surface area contributed by atoms with E-state index < -0.39 is 5.97 Å². The smallest absolute Gasteiger partial charge is 0.303 e. The number of carboxylic acids is 1. The van der Waals surface area contributed by atoms with E-state index in [1.807, 2.05) is 0 Å². The molecule has 5 nitrogen and oxygen atoms in total. The van der Waals surface area contributed by atoms with Crippen LogP contribution in [0, 0.1) is 5.92 Å². The first-order valence-corrected chi connectivity index (χ1v) is 6.92. The van der Waals surface area contributed by atoms with E-state index in [0.717, 1.165) is 25.7 Å². The molecule has 18 heavy (non-hydrogen) atoms. The molecule has 0 saturated carbocycles. The average Bonchev–Trinajstić information content (AvgIpc) is 2.94. The van der Waals surface area contributed by atoms with Crippen LogP contribution in [0.15, 0.2) is 0 Å². The first-order valence-electron chi connectivity index (χ1n) is 6.92. The van der Waals surface area contributed by atoms with E-state index in [4.69, 9.17) is 5.11 Å². The Hall–Kier alpha value is -1.10. The first-order chi connectivity index (χ1) is 8.66. The molecular formula is C13H22N2O3. The first kappa shape index (κ1) is 13.3. The molecule has 3 N–H and O–H groups in total. The summed E-state index contributed by atoms with van der Waals surface area (Å²) in [4.78, 5) is 22.2. The van der Waals surface area contributed by atoms with E-state index in [1.54, 1.807) is 0 Å². The summed E-state index contributed by atoms with van der Waals surface area (Å²) < 4.78 is 0. The van der Waals surface area contributed by atoms with Gasteiger partial charge in [0.05, 0.1) is 5.92 Å². The highest BCUT2D eigenvalue weighted by molar-refractivity contribution is 5.80. The van der Waals surface area contributed by atoms with Crippen LogP contribution >= 0.6 is 0 Å². The molecule has 2 fully saturated rings. The Labute approximate surface area is 107 Å². The van der Waals surface area contributed by atoms with Crippen molar-refractivity contribution in [3.05, 3.63) is 0 Å². The minimum Gasteiger partial charge on any atom is -0.481 e. The molecule has 2 heterocycles. The number of hydrogen-bond donors (Lipinski definition) is 3. The van der Waals surface area contributed by atoms with E-state index in [1.165, 1.54) is 6.42 Å². The van der Waals surface area contributed by atoms with Crippen LogP contribution in [0.3, 0.4) is 0 Å². The van der Waals surface area contributed by atoms with Crippen molar-refractivity contribution in [2.75, 3.05) is 6.54 Å². The number of amides is 1. The molecule has 2 saturated heterocycles. The minimum atomic E-state index is -0.743. The number of rotatable bonds is 7. The molecule has 2 aliphatic heterocycles. The van der Waals surface area contributed by atoms with Crippen LogP contribution in [0.25, 0.3) is 0 Å². The number of unbranched alkanes of at least 4 members (excludes halogenated alkanes) is 2. The lowest BCUT2D eigenvalue weighted by atomic mass is 9.88. The molecule has 3 atom stereocenters. The fraction of sp³-hybridized carbons (Fsp3) is 0.846. The Morgan fingerprint density at radius 2 is 2.06 bits per heavy atom. The van der Waals surface area contributed by atoms with E-state index in [0.29, 0.717) is 25.0 Å². The van der Waals surface area contributed by atoms with Crippen molar-refractivity contribution in [2.24, 2.45) is 5.92 Å². The van der Waals surface area contributed by atoms with Gasteiger partial charge in [-0.3, -0.25) is 9.59 Å². The molecule has 5 heteroatoms. The van der Waals surface area contributed by atoms with Crippen molar-refractivity contribution in [2.45, 2.75) is 57.0 Å². The van der Waals surface area contributed by atoms with Crippen molar-refractivity contribution >= 4 is 11.9 Å². The number of hydrogen-bond acceptors (Lipinski definition) is 3. The highest BCUT2D eigenvalue weighted by atomic mass is 16.4. The van der Waals surface area contributed by atoms with Crippen LogP contribution in [0.4, 0.5) is 0 Å². The van der Waals surface area contributed by atoms with Gasteiger partial charge in [0, 0.05) is 25.0 Å². The van der Waals surface area contributed by atoms with E-state index in [-0.39, 0.29) is 18.2 Å². The summed E-state index contributed by atoms with van der Waals surface area (Å²) >= 11 is 0. The molecule has 0 aliphatic carbocycles. The second kappa shape index (κ2) is 6.18. The molecule has 2 aliphatic rings. The van der Waals surface area contributed by atoms with E-state index in [9.17, 15) is 9.59 Å². The predicted molar refractivity (Wildman–Crippen MR) is 67.2 cm³/mol. The Morgan fingerprint density at radius 3 is 2.67 bits per heavy atom. The van der Waals surface area contributed by atoms with Gasteiger partial charge in [-0.05, 0) is 32.1 Å². The number of carboxylic acid groups (broad SMARTS) is 1. The quantitative estimate of drug-likeness (QED) is 0.590. The summed E-state index contributed by atoms with van der Waals surface area (Å²) in [6.07, 6.45) is 5.97. The number of carbonyl (C=O) groups is 2. The molecule has 0 aromatic rings. The normalized spacial score (nSPS) is 29.4. The van der Waals surface area contributed by atoms with Crippen molar-refractivity contribution in [3.63, 3.8) is 0 Å². The summed E-state index contributed by atoms with van der Waals surface area (Å²) in [5.74, 6) is -0.414. The van der Waals surface area contributed by atoms with E-state index >= 15 is 0 Å². The number of nitrogens with one attached hydrogen (secondary N) is 2. The lowest BCUT2D eigenvalue weighted by Gasteiger charge is -2.19. The SMILES string of the molecule is O=C(O)CCCCCNC(=O)C1CC2CCC1N2. The summed E-state index contributed by atoms with van der Waals surface area (Å²) in [5, 5.41) is 14.9. The van der Waals surface area contributed by atoms with Crippen LogP contribution < -0.4 is 10.6 Å². The number of fused-ring (bicyclic) bond motifs is 2. The third-order valence-corrected chi connectivity index (χ3v) is 4.00. The highest BCUT2D eigenvalue weighted by Crippen LogP contribution is 2.33. The van der Waals surface area contributed by atoms with Gasteiger partial charge in [0.25, 0.3) is 0 Å². The molecular weight excluding hydrogens is 232 g/mol. The van der Waals surface area contributed by atoms with Gasteiger partial charge < -0.3 is 15.7 Å². The second-order valence-electron chi connectivity index (χ2n) is 5.39. The van der Waals surface area contributed by atoms with Gasteiger partial charge in [0.1, 0.15) is 0 Å². The maximum Gasteiger partial charge on any atom is 0.303 e. The largest absolute Gasteiger partial charge is 0.481 e. The molecule has 1 amide bonds.